The van der Waals surface area contributed by atoms with Crippen LogP contribution in [0.3, 0.4) is 0 Å². The fourth-order valence-electron chi connectivity index (χ4n) is 3.20. The largest absolute Gasteiger partial charge is 0.310 e. The Morgan fingerprint density at radius 3 is 1.76 bits per heavy atom. The van der Waals surface area contributed by atoms with E-state index in [0.29, 0.717) is 11.6 Å². The number of para-hydroxylation sites is 2. The maximum absolute atomic E-state index is 4.13. The van der Waals surface area contributed by atoms with Crippen LogP contribution in [-0.2, 0) is 0 Å². The standard InChI is InChI=1S/C20H15N9/c1-3-7-15(8-4-1)29(16-9-5-2-6-10-16)18-12-11-14(19-21-25-26-22-19)13-17(18)20-23-27-28-24-20/h1-13H,(H,21,22,25,26)(H,23,24,27,28). The maximum Gasteiger partial charge on any atom is 0.181 e. The summed E-state index contributed by atoms with van der Waals surface area (Å²) in [5.41, 5.74) is 4.59. The van der Waals surface area contributed by atoms with Crippen molar-refractivity contribution in [2.24, 2.45) is 0 Å². The van der Waals surface area contributed by atoms with Gasteiger partial charge in [0.2, 0.25) is 0 Å². The van der Waals surface area contributed by atoms with Gasteiger partial charge < -0.3 is 4.90 Å². The lowest BCUT2D eigenvalue weighted by molar-refractivity contribution is 0.881. The van der Waals surface area contributed by atoms with Crippen molar-refractivity contribution in [2.45, 2.75) is 0 Å². The third-order valence-corrected chi connectivity index (χ3v) is 4.49. The lowest BCUT2D eigenvalue weighted by atomic mass is 10.0. The molecule has 0 saturated heterocycles. The third-order valence-electron chi connectivity index (χ3n) is 4.49. The van der Waals surface area contributed by atoms with Crippen molar-refractivity contribution in [3.63, 3.8) is 0 Å². The molecule has 9 heteroatoms. The molecule has 0 saturated carbocycles. The van der Waals surface area contributed by atoms with Gasteiger partial charge in [-0.15, -0.1) is 10.2 Å². The molecule has 2 aromatic heterocycles. The van der Waals surface area contributed by atoms with Crippen molar-refractivity contribution in [3.05, 3.63) is 78.9 Å². The molecular weight excluding hydrogens is 366 g/mol. The molecule has 0 amide bonds. The van der Waals surface area contributed by atoms with Gasteiger partial charge in [0.05, 0.1) is 5.69 Å². The van der Waals surface area contributed by atoms with Crippen LogP contribution in [0, 0.1) is 0 Å². The first kappa shape index (κ1) is 16.8. The minimum Gasteiger partial charge on any atom is -0.310 e. The molecule has 29 heavy (non-hydrogen) atoms. The van der Waals surface area contributed by atoms with Crippen molar-refractivity contribution >= 4 is 17.1 Å². The highest BCUT2D eigenvalue weighted by Crippen LogP contribution is 2.40. The zero-order valence-corrected chi connectivity index (χ0v) is 15.1. The van der Waals surface area contributed by atoms with Crippen molar-refractivity contribution in [2.75, 3.05) is 4.90 Å². The van der Waals surface area contributed by atoms with Gasteiger partial charge in [0.15, 0.2) is 11.6 Å². The van der Waals surface area contributed by atoms with Crippen LogP contribution in [0.15, 0.2) is 78.9 Å². The van der Waals surface area contributed by atoms with Crippen LogP contribution in [0.4, 0.5) is 17.1 Å². The molecule has 0 radical (unpaired) electrons. The topological polar surface area (TPSA) is 112 Å². The van der Waals surface area contributed by atoms with Crippen molar-refractivity contribution < 1.29 is 0 Å². The molecule has 0 spiro atoms. The number of H-pyrrole nitrogens is 2. The molecule has 5 aromatic rings. The Hall–Kier alpha value is -4.40. The zero-order valence-electron chi connectivity index (χ0n) is 15.1. The number of aromatic amines is 2. The third kappa shape index (κ3) is 3.21. The highest BCUT2D eigenvalue weighted by atomic mass is 15.5. The van der Waals surface area contributed by atoms with E-state index in [4.69, 9.17) is 0 Å². The number of hydrogen-bond donors (Lipinski definition) is 2. The number of anilines is 3. The van der Waals surface area contributed by atoms with Gasteiger partial charge in [-0.05, 0) is 63.3 Å². The van der Waals surface area contributed by atoms with Gasteiger partial charge in [-0.25, -0.2) is 10.2 Å². The highest BCUT2D eigenvalue weighted by molar-refractivity contribution is 5.88. The summed E-state index contributed by atoms with van der Waals surface area (Å²) in [6.07, 6.45) is 0. The van der Waals surface area contributed by atoms with Gasteiger partial charge in [-0.3, -0.25) is 0 Å². The molecule has 0 aliphatic heterocycles. The molecule has 0 fully saturated rings. The van der Waals surface area contributed by atoms with E-state index >= 15 is 0 Å². The van der Waals surface area contributed by atoms with E-state index in [1.165, 1.54) is 0 Å². The first-order valence-electron chi connectivity index (χ1n) is 8.92. The molecule has 0 aliphatic carbocycles. The number of rotatable bonds is 5. The second-order valence-corrected chi connectivity index (χ2v) is 6.24. The number of hydrogen-bond acceptors (Lipinski definition) is 7. The van der Waals surface area contributed by atoms with E-state index in [2.05, 4.69) is 70.4 Å². The van der Waals surface area contributed by atoms with E-state index in [1.807, 2.05) is 54.6 Å². The van der Waals surface area contributed by atoms with Crippen molar-refractivity contribution in [1.29, 1.82) is 0 Å². The Morgan fingerprint density at radius 1 is 0.621 bits per heavy atom. The number of tetrazole rings is 2. The van der Waals surface area contributed by atoms with E-state index in [0.717, 1.165) is 28.2 Å². The molecule has 2 heterocycles. The van der Waals surface area contributed by atoms with E-state index < -0.39 is 0 Å². The van der Waals surface area contributed by atoms with Gasteiger partial charge >= 0.3 is 0 Å². The summed E-state index contributed by atoms with van der Waals surface area (Å²) >= 11 is 0. The lowest BCUT2D eigenvalue weighted by Gasteiger charge is -2.27. The predicted molar refractivity (Wildman–Crippen MR) is 107 cm³/mol. The molecule has 2 N–H and O–H groups in total. The summed E-state index contributed by atoms with van der Waals surface area (Å²) < 4.78 is 0. The Kier molecular flexibility index (Phi) is 4.22. The average molecular weight is 381 g/mol. The molecule has 0 bridgehead atoms. The number of nitrogens with zero attached hydrogens (tertiary/aromatic N) is 7. The van der Waals surface area contributed by atoms with Crippen LogP contribution in [0.1, 0.15) is 0 Å². The van der Waals surface area contributed by atoms with Crippen LogP contribution < -0.4 is 4.90 Å². The minimum absolute atomic E-state index is 0.547. The van der Waals surface area contributed by atoms with Gasteiger partial charge in [-0.2, -0.15) is 0 Å². The van der Waals surface area contributed by atoms with Crippen molar-refractivity contribution in [1.82, 2.24) is 41.2 Å². The second-order valence-electron chi connectivity index (χ2n) is 6.24. The maximum atomic E-state index is 4.13. The number of benzene rings is 3. The fraction of sp³-hybridized carbons (Fsp3) is 0. The summed E-state index contributed by atoms with van der Waals surface area (Å²) in [4.78, 5) is 2.15. The smallest absolute Gasteiger partial charge is 0.181 e. The minimum atomic E-state index is 0.547. The molecule has 0 unspecified atom stereocenters. The monoisotopic (exact) mass is 381 g/mol. The van der Waals surface area contributed by atoms with E-state index in [-0.39, 0.29) is 0 Å². The Balaban J connectivity index is 1.74. The number of nitrogens with one attached hydrogen (secondary N) is 2. The first-order valence-corrected chi connectivity index (χ1v) is 8.92. The lowest BCUT2D eigenvalue weighted by Crippen LogP contribution is -2.11. The summed E-state index contributed by atoms with van der Waals surface area (Å²) in [5, 5.41) is 28.6. The van der Waals surface area contributed by atoms with Crippen molar-refractivity contribution in [3.8, 4) is 22.8 Å². The molecule has 9 nitrogen and oxygen atoms in total. The Morgan fingerprint density at radius 2 is 1.21 bits per heavy atom. The highest BCUT2D eigenvalue weighted by Gasteiger charge is 2.20. The summed E-state index contributed by atoms with van der Waals surface area (Å²) in [5.74, 6) is 1.11. The zero-order chi connectivity index (χ0) is 19.5. The van der Waals surface area contributed by atoms with E-state index in [1.54, 1.807) is 0 Å². The quantitative estimate of drug-likeness (QED) is 0.479. The van der Waals surface area contributed by atoms with Crippen LogP contribution in [-0.4, -0.2) is 41.2 Å². The van der Waals surface area contributed by atoms with Crippen LogP contribution in [0.25, 0.3) is 22.8 Å². The SMILES string of the molecule is c1ccc(N(c2ccccc2)c2ccc(-c3nnn[nH]3)cc2-c2nnn[nH]2)cc1. The molecule has 5 rings (SSSR count). The summed E-state index contributed by atoms with van der Waals surface area (Å²) in [6, 6.07) is 26.2. The Bertz CT molecular complexity index is 1150. The van der Waals surface area contributed by atoms with E-state index in [9.17, 15) is 0 Å². The molecule has 0 aliphatic rings. The van der Waals surface area contributed by atoms with Crippen LogP contribution >= 0.6 is 0 Å². The van der Waals surface area contributed by atoms with Crippen LogP contribution in [0.5, 0.6) is 0 Å². The summed E-state index contributed by atoms with van der Waals surface area (Å²) in [6.45, 7) is 0. The second kappa shape index (κ2) is 7.31. The molecule has 140 valence electrons. The predicted octanol–water partition coefficient (Wildman–Crippen LogP) is 3.52. The van der Waals surface area contributed by atoms with Gasteiger partial charge in [0.1, 0.15) is 0 Å². The fourth-order valence-corrected chi connectivity index (χ4v) is 3.20. The normalized spacial score (nSPS) is 10.8. The van der Waals surface area contributed by atoms with Gasteiger partial charge in [-0.1, -0.05) is 36.4 Å². The molecular formula is C20H15N9. The van der Waals surface area contributed by atoms with Gasteiger partial charge in [0.25, 0.3) is 0 Å². The average Bonchev–Trinajstić information content (AvgIpc) is 3.50. The summed E-state index contributed by atoms with van der Waals surface area (Å²) in [7, 11) is 0. The molecule has 0 atom stereocenters. The number of aromatic nitrogens is 8. The Labute approximate surface area is 165 Å². The van der Waals surface area contributed by atoms with Crippen LogP contribution in [0.2, 0.25) is 0 Å². The first-order chi connectivity index (χ1) is 14.4. The van der Waals surface area contributed by atoms with Gasteiger partial charge in [0, 0.05) is 22.5 Å². The molecule has 3 aromatic carbocycles.